The molecule has 0 saturated heterocycles. The van der Waals surface area contributed by atoms with Crippen molar-refractivity contribution in [2.45, 2.75) is 52.2 Å². The molecule has 0 aliphatic carbocycles. The number of methoxy groups -OCH3 is 1. The molecule has 182 valence electrons. The van der Waals surface area contributed by atoms with Gasteiger partial charge in [0.25, 0.3) is 0 Å². The van der Waals surface area contributed by atoms with E-state index in [1.54, 1.807) is 49.9 Å². The van der Waals surface area contributed by atoms with Crippen LogP contribution < -0.4 is 10.1 Å². The van der Waals surface area contributed by atoms with E-state index in [1.807, 2.05) is 0 Å². The summed E-state index contributed by atoms with van der Waals surface area (Å²) in [5, 5.41) is 11.9. The van der Waals surface area contributed by atoms with E-state index in [0.717, 1.165) is 10.4 Å². The zero-order chi connectivity index (χ0) is 25.0. The monoisotopic (exact) mass is 488 g/mol. The fourth-order valence-corrected chi connectivity index (χ4v) is 4.79. The van der Waals surface area contributed by atoms with Gasteiger partial charge in [-0.25, -0.2) is 4.79 Å². The quantitative estimate of drug-likeness (QED) is 0.563. The molecule has 2 N–H and O–H groups in total. The number of carbonyl (C=O) groups excluding carboxylic acids is 3. The van der Waals surface area contributed by atoms with Crippen LogP contribution in [0.2, 0.25) is 0 Å². The first-order chi connectivity index (χ1) is 16.0. The summed E-state index contributed by atoms with van der Waals surface area (Å²) in [7, 11) is 1.53. The molecule has 0 saturated carbocycles. The molecule has 1 aromatic carbocycles. The van der Waals surface area contributed by atoms with Crippen molar-refractivity contribution in [3.63, 3.8) is 0 Å². The van der Waals surface area contributed by atoms with Crippen LogP contribution in [-0.4, -0.2) is 53.0 Å². The second-order valence-corrected chi connectivity index (χ2v) is 9.96. The lowest BCUT2D eigenvalue weighted by molar-refractivity contribution is -0.138. The van der Waals surface area contributed by atoms with E-state index in [4.69, 9.17) is 14.6 Å². The van der Waals surface area contributed by atoms with Crippen molar-refractivity contribution in [3.8, 4) is 5.75 Å². The molecule has 2 heterocycles. The lowest BCUT2D eigenvalue weighted by Crippen LogP contribution is -2.39. The summed E-state index contributed by atoms with van der Waals surface area (Å²) >= 11 is 1.22. The number of ketones is 1. The highest BCUT2D eigenvalue weighted by atomic mass is 32.1. The van der Waals surface area contributed by atoms with Gasteiger partial charge in [0.1, 0.15) is 16.4 Å². The highest BCUT2D eigenvalue weighted by Gasteiger charge is 2.32. The molecule has 2 aromatic rings. The number of carbonyl (C=O) groups is 4. The fourth-order valence-electron chi connectivity index (χ4n) is 3.51. The third-order valence-corrected chi connectivity index (χ3v) is 6.24. The van der Waals surface area contributed by atoms with Gasteiger partial charge in [0, 0.05) is 23.4 Å². The van der Waals surface area contributed by atoms with Gasteiger partial charge < -0.3 is 24.8 Å². The summed E-state index contributed by atoms with van der Waals surface area (Å²) in [5.41, 5.74) is 0.944. The van der Waals surface area contributed by atoms with Crippen molar-refractivity contribution in [2.24, 2.45) is 0 Å². The van der Waals surface area contributed by atoms with Gasteiger partial charge in [-0.2, -0.15) is 0 Å². The number of nitrogens with zero attached hydrogens (tertiary/aromatic N) is 1. The van der Waals surface area contributed by atoms with E-state index in [-0.39, 0.29) is 25.2 Å². The molecule has 2 amide bonds. The second kappa shape index (κ2) is 10.3. The molecule has 0 spiro atoms. The number of fused-ring (bicyclic) bond motifs is 1. The first-order valence-corrected chi connectivity index (χ1v) is 11.6. The SMILES string of the molecule is COc1ccc(C(=O)c2c(NC(=O)CCC(=O)O)sc3c2CCN(C(=O)OC(C)(C)C)C3)cc1. The number of ether oxygens (including phenoxy) is 2. The molecule has 0 atom stereocenters. The van der Waals surface area contributed by atoms with E-state index in [0.29, 0.717) is 34.8 Å². The Bertz CT molecular complexity index is 1100. The molecular formula is C24H28N2O7S. The van der Waals surface area contributed by atoms with Crippen LogP contribution in [0.15, 0.2) is 24.3 Å². The number of rotatable bonds is 7. The van der Waals surface area contributed by atoms with Crippen LogP contribution in [0.3, 0.4) is 0 Å². The lowest BCUT2D eigenvalue weighted by atomic mass is 9.96. The number of nitrogens with one attached hydrogen (secondary N) is 1. The molecular weight excluding hydrogens is 460 g/mol. The summed E-state index contributed by atoms with van der Waals surface area (Å²) in [5.74, 6) is -1.23. The van der Waals surface area contributed by atoms with Gasteiger partial charge in [0.2, 0.25) is 5.91 Å². The number of carboxylic acids is 1. The van der Waals surface area contributed by atoms with Crippen molar-refractivity contribution in [2.75, 3.05) is 19.0 Å². The number of amides is 2. The normalized spacial score (nSPS) is 13.1. The maximum Gasteiger partial charge on any atom is 0.410 e. The average Bonchev–Trinajstić information content (AvgIpc) is 3.12. The highest BCUT2D eigenvalue weighted by Crippen LogP contribution is 2.39. The van der Waals surface area contributed by atoms with Crippen molar-refractivity contribution in [1.29, 1.82) is 0 Å². The zero-order valence-electron chi connectivity index (χ0n) is 19.6. The van der Waals surface area contributed by atoms with Gasteiger partial charge in [-0.15, -0.1) is 11.3 Å². The van der Waals surface area contributed by atoms with Gasteiger partial charge in [0.05, 0.1) is 25.6 Å². The van der Waals surface area contributed by atoms with Crippen LogP contribution in [-0.2, 0) is 27.3 Å². The number of hydrogen-bond donors (Lipinski definition) is 2. The maximum absolute atomic E-state index is 13.5. The largest absolute Gasteiger partial charge is 0.497 e. The lowest BCUT2D eigenvalue weighted by Gasteiger charge is -2.30. The Balaban J connectivity index is 1.93. The highest BCUT2D eigenvalue weighted by molar-refractivity contribution is 7.17. The summed E-state index contributed by atoms with van der Waals surface area (Å²) in [6.07, 6.45) is -0.544. The Morgan fingerprint density at radius 3 is 2.38 bits per heavy atom. The molecule has 1 aliphatic heterocycles. The van der Waals surface area contributed by atoms with Crippen LogP contribution in [0.5, 0.6) is 5.75 Å². The van der Waals surface area contributed by atoms with Crippen LogP contribution in [0, 0.1) is 0 Å². The van der Waals surface area contributed by atoms with Gasteiger partial charge >= 0.3 is 12.1 Å². The minimum absolute atomic E-state index is 0.210. The van der Waals surface area contributed by atoms with E-state index in [1.165, 1.54) is 18.4 Å². The summed E-state index contributed by atoms with van der Waals surface area (Å²) < 4.78 is 10.6. The Hall–Kier alpha value is -3.40. The maximum atomic E-state index is 13.5. The molecule has 0 unspecified atom stereocenters. The predicted molar refractivity (Wildman–Crippen MR) is 127 cm³/mol. The molecule has 34 heavy (non-hydrogen) atoms. The summed E-state index contributed by atoms with van der Waals surface area (Å²) in [6.45, 7) is 6.00. The topological polar surface area (TPSA) is 122 Å². The molecule has 0 bridgehead atoms. The molecule has 3 rings (SSSR count). The minimum atomic E-state index is -1.08. The Labute approximate surface area is 201 Å². The molecule has 9 nitrogen and oxygen atoms in total. The predicted octanol–water partition coefficient (Wildman–Crippen LogP) is 4.08. The van der Waals surface area contributed by atoms with Gasteiger partial charge in [0.15, 0.2) is 5.78 Å². The molecule has 10 heteroatoms. The van der Waals surface area contributed by atoms with E-state index in [2.05, 4.69) is 5.32 Å². The minimum Gasteiger partial charge on any atom is -0.497 e. The van der Waals surface area contributed by atoms with Gasteiger partial charge in [-0.3, -0.25) is 14.4 Å². The Kier molecular flexibility index (Phi) is 7.61. The Morgan fingerprint density at radius 2 is 1.79 bits per heavy atom. The average molecular weight is 489 g/mol. The number of aliphatic carboxylic acids is 1. The van der Waals surface area contributed by atoms with Crippen LogP contribution >= 0.6 is 11.3 Å². The fraction of sp³-hybridized carbons (Fsp3) is 0.417. The second-order valence-electron chi connectivity index (χ2n) is 8.86. The molecule has 0 radical (unpaired) electrons. The Morgan fingerprint density at radius 1 is 1.12 bits per heavy atom. The first kappa shape index (κ1) is 25.2. The summed E-state index contributed by atoms with van der Waals surface area (Å²) in [4.78, 5) is 51.6. The van der Waals surface area contributed by atoms with Crippen molar-refractivity contribution >= 4 is 40.1 Å². The van der Waals surface area contributed by atoms with Crippen LogP contribution in [0.1, 0.15) is 60.0 Å². The number of benzene rings is 1. The number of thiophene rings is 1. The smallest absolute Gasteiger partial charge is 0.410 e. The van der Waals surface area contributed by atoms with E-state index in [9.17, 15) is 19.2 Å². The van der Waals surface area contributed by atoms with Crippen molar-refractivity contribution in [1.82, 2.24) is 4.90 Å². The standard InChI is InChI=1S/C24H28N2O7S/c1-24(2,3)33-23(31)26-12-11-16-17(13-26)34-22(25-18(27)9-10-19(28)29)20(16)21(30)14-5-7-15(32-4)8-6-14/h5-8H,9-13H2,1-4H3,(H,25,27)(H,28,29). The number of carboxylic acid groups (broad SMARTS) is 1. The van der Waals surface area contributed by atoms with Crippen LogP contribution in [0.25, 0.3) is 0 Å². The number of hydrogen-bond acceptors (Lipinski definition) is 7. The van der Waals surface area contributed by atoms with Crippen molar-refractivity contribution < 1.29 is 33.8 Å². The third-order valence-electron chi connectivity index (χ3n) is 5.11. The third kappa shape index (κ3) is 6.13. The first-order valence-electron chi connectivity index (χ1n) is 10.8. The molecule has 0 fully saturated rings. The van der Waals surface area contributed by atoms with Gasteiger partial charge in [-0.1, -0.05) is 0 Å². The van der Waals surface area contributed by atoms with Crippen molar-refractivity contribution in [3.05, 3.63) is 45.8 Å². The van der Waals surface area contributed by atoms with Gasteiger partial charge in [-0.05, 0) is 57.0 Å². The summed E-state index contributed by atoms with van der Waals surface area (Å²) in [6, 6.07) is 6.66. The van der Waals surface area contributed by atoms with Crippen LogP contribution in [0.4, 0.5) is 9.80 Å². The van der Waals surface area contributed by atoms with E-state index < -0.39 is 23.6 Å². The molecule has 1 aliphatic rings. The zero-order valence-corrected chi connectivity index (χ0v) is 20.4. The van der Waals surface area contributed by atoms with E-state index >= 15 is 0 Å². The molecule has 1 aromatic heterocycles. The number of anilines is 1.